The van der Waals surface area contributed by atoms with Crippen molar-refractivity contribution in [1.82, 2.24) is 0 Å². The van der Waals surface area contributed by atoms with Gasteiger partial charge in [0.15, 0.2) is 0 Å². The lowest BCUT2D eigenvalue weighted by atomic mass is 9.56. The molecule has 0 heterocycles. The molecule has 2 rings (SSSR count). The second-order valence-corrected chi connectivity index (χ2v) is 7.20. The SMILES string of the molecule is CCC1CCC(CN)(C2(O)CCCC(C(F)(F)F)C2)CC1. The molecule has 2 atom stereocenters. The maximum Gasteiger partial charge on any atom is 0.391 e. The largest absolute Gasteiger partial charge is 0.391 e. The van der Waals surface area contributed by atoms with Crippen LogP contribution in [0.25, 0.3) is 0 Å². The second kappa shape index (κ2) is 6.07. The molecule has 0 aromatic rings. The summed E-state index contributed by atoms with van der Waals surface area (Å²) in [5.74, 6) is -0.737. The third kappa shape index (κ3) is 3.24. The van der Waals surface area contributed by atoms with Gasteiger partial charge in [-0.1, -0.05) is 13.3 Å². The van der Waals surface area contributed by atoms with Gasteiger partial charge in [-0.2, -0.15) is 13.2 Å². The molecule has 0 bridgehead atoms. The van der Waals surface area contributed by atoms with E-state index in [0.29, 0.717) is 25.3 Å². The van der Waals surface area contributed by atoms with Crippen molar-refractivity contribution in [2.45, 2.75) is 76.5 Å². The normalized spacial score (nSPS) is 42.0. The van der Waals surface area contributed by atoms with E-state index in [9.17, 15) is 18.3 Å². The molecule has 124 valence electrons. The van der Waals surface area contributed by atoms with Crippen LogP contribution in [0, 0.1) is 17.3 Å². The van der Waals surface area contributed by atoms with Crippen LogP contribution in [0.5, 0.6) is 0 Å². The van der Waals surface area contributed by atoms with Gasteiger partial charge in [0, 0.05) is 12.0 Å². The van der Waals surface area contributed by atoms with E-state index in [-0.39, 0.29) is 12.8 Å². The molecule has 21 heavy (non-hydrogen) atoms. The zero-order chi connectivity index (χ0) is 15.7. The monoisotopic (exact) mass is 307 g/mol. The Kier molecular flexibility index (Phi) is 4.94. The van der Waals surface area contributed by atoms with E-state index < -0.39 is 23.1 Å². The van der Waals surface area contributed by atoms with E-state index in [1.807, 2.05) is 0 Å². The molecule has 2 aliphatic carbocycles. The number of rotatable bonds is 3. The van der Waals surface area contributed by atoms with Gasteiger partial charge in [-0.05, 0) is 57.3 Å². The zero-order valence-electron chi connectivity index (χ0n) is 12.9. The molecule has 0 spiro atoms. The zero-order valence-corrected chi connectivity index (χ0v) is 12.9. The Labute approximate surface area is 125 Å². The first-order valence-electron chi connectivity index (χ1n) is 8.25. The molecule has 2 nitrogen and oxygen atoms in total. The standard InChI is InChI=1S/C16H28F3NO/c1-2-12-5-8-14(11-20,9-6-12)15(21)7-3-4-13(10-15)16(17,18)19/h12-13,21H,2-11,20H2,1H3. The van der Waals surface area contributed by atoms with Crippen LogP contribution in [0.15, 0.2) is 0 Å². The van der Waals surface area contributed by atoms with Crippen molar-refractivity contribution in [2.75, 3.05) is 6.54 Å². The smallest absolute Gasteiger partial charge is 0.389 e. The summed E-state index contributed by atoms with van der Waals surface area (Å²) in [6.45, 7) is 2.44. The van der Waals surface area contributed by atoms with Gasteiger partial charge < -0.3 is 10.8 Å². The maximum atomic E-state index is 13.1. The second-order valence-electron chi connectivity index (χ2n) is 7.20. The van der Waals surface area contributed by atoms with Crippen LogP contribution < -0.4 is 5.73 Å². The number of halogens is 3. The lowest BCUT2D eigenvalue weighted by molar-refractivity contribution is -0.220. The summed E-state index contributed by atoms with van der Waals surface area (Å²) in [6, 6.07) is 0. The molecule has 2 fully saturated rings. The van der Waals surface area contributed by atoms with Gasteiger partial charge in [0.25, 0.3) is 0 Å². The van der Waals surface area contributed by atoms with Crippen LogP contribution in [-0.4, -0.2) is 23.4 Å². The quantitative estimate of drug-likeness (QED) is 0.827. The molecule has 0 radical (unpaired) electrons. The summed E-state index contributed by atoms with van der Waals surface area (Å²) in [4.78, 5) is 0. The fraction of sp³-hybridized carbons (Fsp3) is 1.00. The molecule has 5 heteroatoms. The number of aliphatic hydroxyl groups is 1. The summed E-state index contributed by atoms with van der Waals surface area (Å²) in [5.41, 5.74) is 4.21. The molecular weight excluding hydrogens is 279 g/mol. The van der Waals surface area contributed by atoms with Crippen LogP contribution in [0.2, 0.25) is 0 Å². The van der Waals surface area contributed by atoms with Gasteiger partial charge in [-0.15, -0.1) is 0 Å². The molecule has 0 aliphatic heterocycles. The van der Waals surface area contributed by atoms with Gasteiger partial charge in [-0.3, -0.25) is 0 Å². The van der Waals surface area contributed by atoms with Crippen LogP contribution in [0.3, 0.4) is 0 Å². The van der Waals surface area contributed by atoms with Crippen molar-refractivity contribution < 1.29 is 18.3 Å². The molecular formula is C16H28F3NO. The van der Waals surface area contributed by atoms with Crippen molar-refractivity contribution in [3.8, 4) is 0 Å². The topological polar surface area (TPSA) is 46.2 Å². The summed E-state index contributed by atoms with van der Waals surface area (Å²) in [7, 11) is 0. The summed E-state index contributed by atoms with van der Waals surface area (Å²) in [6.07, 6.45) is 1.28. The van der Waals surface area contributed by atoms with Crippen molar-refractivity contribution in [2.24, 2.45) is 23.0 Å². The first-order chi connectivity index (χ1) is 9.76. The van der Waals surface area contributed by atoms with Crippen molar-refractivity contribution in [1.29, 1.82) is 0 Å². The van der Waals surface area contributed by atoms with Crippen LogP contribution in [-0.2, 0) is 0 Å². The minimum absolute atomic E-state index is 0.143. The minimum atomic E-state index is -4.20. The molecule has 2 aliphatic rings. The van der Waals surface area contributed by atoms with E-state index in [4.69, 9.17) is 5.73 Å². The maximum absolute atomic E-state index is 13.1. The highest BCUT2D eigenvalue weighted by Gasteiger charge is 2.56. The molecule has 2 unspecified atom stereocenters. The number of alkyl halides is 3. The Morgan fingerprint density at radius 2 is 1.76 bits per heavy atom. The van der Waals surface area contributed by atoms with Crippen LogP contribution >= 0.6 is 0 Å². The highest BCUT2D eigenvalue weighted by atomic mass is 19.4. The molecule has 0 aromatic carbocycles. The van der Waals surface area contributed by atoms with Gasteiger partial charge in [-0.25, -0.2) is 0 Å². The molecule has 2 saturated carbocycles. The lowest BCUT2D eigenvalue weighted by Gasteiger charge is -2.53. The number of hydrogen-bond acceptors (Lipinski definition) is 2. The van der Waals surface area contributed by atoms with Crippen molar-refractivity contribution >= 4 is 0 Å². The Hall–Kier alpha value is -0.290. The highest BCUT2D eigenvalue weighted by molar-refractivity contribution is 5.05. The van der Waals surface area contributed by atoms with Crippen molar-refractivity contribution in [3.63, 3.8) is 0 Å². The highest BCUT2D eigenvalue weighted by Crippen LogP contribution is 2.54. The Balaban J connectivity index is 2.16. The fourth-order valence-electron chi connectivity index (χ4n) is 4.51. The molecule has 0 amide bonds. The molecule has 0 aromatic heterocycles. The van der Waals surface area contributed by atoms with Gasteiger partial charge >= 0.3 is 6.18 Å². The minimum Gasteiger partial charge on any atom is -0.389 e. The Morgan fingerprint density at radius 1 is 1.14 bits per heavy atom. The summed E-state index contributed by atoms with van der Waals surface area (Å²) < 4.78 is 39.2. The first-order valence-corrected chi connectivity index (χ1v) is 8.25. The van der Waals surface area contributed by atoms with E-state index in [1.54, 1.807) is 0 Å². The van der Waals surface area contributed by atoms with E-state index in [2.05, 4.69) is 6.92 Å². The third-order valence-corrected chi connectivity index (χ3v) is 6.21. The van der Waals surface area contributed by atoms with Gasteiger partial charge in [0.2, 0.25) is 0 Å². The predicted molar refractivity (Wildman–Crippen MR) is 76.7 cm³/mol. The average Bonchev–Trinajstić information content (AvgIpc) is 2.46. The third-order valence-electron chi connectivity index (χ3n) is 6.21. The first kappa shape index (κ1) is 17.1. The molecule has 0 saturated heterocycles. The van der Waals surface area contributed by atoms with Gasteiger partial charge in [0.05, 0.1) is 11.5 Å². The van der Waals surface area contributed by atoms with Crippen LogP contribution in [0.1, 0.15) is 64.7 Å². The predicted octanol–water partition coefficient (Wildman–Crippen LogP) is 4.02. The van der Waals surface area contributed by atoms with E-state index in [0.717, 1.165) is 32.1 Å². The number of nitrogens with two attached hydrogens (primary N) is 1. The Bertz CT molecular complexity index is 350. The molecule has 3 N–H and O–H groups in total. The Morgan fingerprint density at radius 3 is 2.24 bits per heavy atom. The summed E-state index contributed by atoms with van der Waals surface area (Å²) >= 11 is 0. The van der Waals surface area contributed by atoms with E-state index >= 15 is 0 Å². The average molecular weight is 307 g/mol. The fourth-order valence-corrected chi connectivity index (χ4v) is 4.51. The lowest BCUT2D eigenvalue weighted by Crippen LogP contribution is -2.57. The van der Waals surface area contributed by atoms with Crippen molar-refractivity contribution in [3.05, 3.63) is 0 Å². The van der Waals surface area contributed by atoms with Crippen LogP contribution in [0.4, 0.5) is 13.2 Å². The van der Waals surface area contributed by atoms with E-state index in [1.165, 1.54) is 0 Å². The van der Waals surface area contributed by atoms with Gasteiger partial charge in [0.1, 0.15) is 0 Å². The number of hydrogen-bond donors (Lipinski definition) is 2. The summed E-state index contributed by atoms with van der Waals surface area (Å²) in [5, 5.41) is 11.1.